The molecule has 0 aromatic heterocycles. The summed E-state index contributed by atoms with van der Waals surface area (Å²) in [5.41, 5.74) is 1.56. The molecule has 0 bridgehead atoms. The minimum Gasteiger partial charge on any atom is -0.326 e. The predicted molar refractivity (Wildman–Crippen MR) is 79.9 cm³/mol. The van der Waals surface area contributed by atoms with Crippen LogP contribution in [0.4, 0.5) is 10.1 Å². The molecule has 0 aliphatic heterocycles. The van der Waals surface area contributed by atoms with E-state index in [9.17, 15) is 9.18 Å². The third kappa shape index (κ3) is 3.30. The van der Waals surface area contributed by atoms with Gasteiger partial charge in [0.1, 0.15) is 5.82 Å². The Hall–Kier alpha value is -1.58. The van der Waals surface area contributed by atoms with Crippen molar-refractivity contribution in [1.29, 1.82) is 0 Å². The van der Waals surface area contributed by atoms with Crippen molar-refractivity contribution in [1.82, 2.24) is 0 Å². The van der Waals surface area contributed by atoms with Crippen LogP contribution in [-0.2, 0) is 11.2 Å². The molecule has 104 valence electrons. The van der Waals surface area contributed by atoms with Gasteiger partial charge in [-0.1, -0.05) is 35.3 Å². The highest BCUT2D eigenvalue weighted by Gasteiger charge is 2.13. The van der Waals surface area contributed by atoms with Crippen molar-refractivity contribution in [3.63, 3.8) is 0 Å². The summed E-state index contributed by atoms with van der Waals surface area (Å²) in [6.45, 7) is 1.80. The second-order valence-electron chi connectivity index (χ2n) is 4.34. The molecule has 5 heteroatoms. The number of rotatable bonds is 3. The van der Waals surface area contributed by atoms with Crippen molar-refractivity contribution >= 4 is 34.8 Å². The summed E-state index contributed by atoms with van der Waals surface area (Å²) in [7, 11) is 0. The number of anilines is 1. The number of benzene rings is 2. The molecule has 0 spiro atoms. The molecule has 1 amide bonds. The summed E-state index contributed by atoms with van der Waals surface area (Å²) in [4.78, 5) is 12.0. The normalized spacial score (nSPS) is 10.4. The minimum atomic E-state index is -0.490. The lowest BCUT2D eigenvalue weighted by Crippen LogP contribution is -2.16. The number of carbonyl (C=O) groups is 1. The van der Waals surface area contributed by atoms with Gasteiger partial charge in [-0.05, 0) is 36.8 Å². The van der Waals surface area contributed by atoms with Crippen LogP contribution < -0.4 is 5.32 Å². The van der Waals surface area contributed by atoms with Crippen molar-refractivity contribution in [3.05, 3.63) is 63.4 Å². The molecular weight excluding hydrogens is 300 g/mol. The number of hydrogen-bond acceptors (Lipinski definition) is 1. The quantitative estimate of drug-likeness (QED) is 0.880. The van der Waals surface area contributed by atoms with Crippen molar-refractivity contribution < 1.29 is 9.18 Å². The molecule has 20 heavy (non-hydrogen) atoms. The average Bonchev–Trinajstić information content (AvgIpc) is 2.39. The number of amides is 1. The number of nitrogens with one attached hydrogen (secondary N) is 1. The van der Waals surface area contributed by atoms with E-state index in [1.54, 1.807) is 31.2 Å². The van der Waals surface area contributed by atoms with Gasteiger partial charge in [-0.2, -0.15) is 0 Å². The molecule has 0 unspecified atom stereocenters. The van der Waals surface area contributed by atoms with E-state index in [-0.39, 0.29) is 22.9 Å². The lowest BCUT2D eigenvalue weighted by Gasteiger charge is -2.10. The molecule has 0 fully saturated rings. The summed E-state index contributed by atoms with van der Waals surface area (Å²) >= 11 is 11.9. The molecule has 0 aliphatic carbocycles. The molecule has 2 nitrogen and oxygen atoms in total. The van der Waals surface area contributed by atoms with Gasteiger partial charge in [0.25, 0.3) is 0 Å². The first-order valence-electron chi connectivity index (χ1n) is 5.97. The largest absolute Gasteiger partial charge is 0.326 e. The summed E-state index contributed by atoms with van der Waals surface area (Å²) in [5, 5.41) is 3.51. The van der Waals surface area contributed by atoms with Gasteiger partial charge in [0.2, 0.25) is 5.91 Å². The van der Waals surface area contributed by atoms with Gasteiger partial charge < -0.3 is 5.32 Å². The van der Waals surface area contributed by atoms with Gasteiger partial charge in [-0.15, -0.1) is 0 Å². The van der Waals surface area contributed by atoms with Crippen LogP contribution in [0.2, 0.25) is 10.0 Å². The highest BCUT2D eigenvalue weighted by atomic mass is 35.5. The summed E-state index contributed by atoms with van der Waals surface area (Å²) in [5.74, 6) is -0.835. The van der Waals surface area contributed by atoms with Crippen molar-refractivity contribution in [2.45, 2.75) is 13.3 Å². The zero-order chi connectivity index (χ0) is 14.7. The monoisotopic (exact) mass is 311 g/mol. The lowest BCUT2D eigenvalue weighted by atomic mass is 10.1. The molecule has 0 radical (unpaired) electrons. The lowest BCUT2D eigenvalue weighted by molar-refractivity contribution is -0.115. The van der Waals surface area contributed by atoms with Gasteiger partial charge in [0, 0.05) is 21.3 Å². The average molecular weight is 312 g/mol. The zero-order valence-electron chi connectivity index (χ0n) is 10.7. The smallest absolute Gasteiger partial charge is 0.228 e. The van der Waals surface area contributed by atoms with E-state index in [1.807, 2.05) is 0 Å². The number of hydrogen-bond donors (Lipinski definition) is 1. The van der Waals surface area contributed by atoms with Gasteiger partial charge in [0.05, 0.1) is 6.42 Å². The number of halogens is 3. The predicted octanol–water partition coefficient (Wildman–Crippen LogP) is 4.62. The molecule has 1 N–H and O–H groups in total. The molecule has 0 heterocycles. The van der Waals surface area contributed by atoms with Crippen LogP contribution in [0.5, 0.6) is 0 Å². The maximum atomic E-state index is 13.6. The molecular formula is C15H12Cl2FNO. The third-order valence-corrected chi connectivity index (χ3v) is 3.70. The van der Waals surface area contributed by atoms with E-state index in [2.05, 4.69) is 5.32 Å². The van der Waals surface area contributed by atoms with Crippen LogP contribution >= 0.6 is 23.2 Å². The Morgan fingerprint density at radius 1 is 1.15 bits per heavy atom. The molecule has 0 saturated carbocycles. The Kier molecular flexibility index (Phi) is 4.63. The molecule has 0 aliphatic rings. The zero-order valence-corrected chi connectivity index (χ0v) is 12.2. The minimum absolute atomic E-state index is 0.128. The Morgan fingerprint density at radius 3 is 2.50 bits per heavy atom. The van der Waals surface area contributed by atoms with Crippen molar-refractivity contribution in [3.8, 4) is 0 Å². The van der Waals surface area contributed by atoms with E-state index in [0.717, 1.165) is 5.56 Å². The molecule has 2 aromatic rings. The standard InChI is InChI=1S/C15H12Cl2FNO/c1-9-11(16)4-3-7-14(9)19-15(20)8-10-12(17)5-2-6-13(10)18/h2-7H,8H2,1H3,(H,19,20). The maximum absolute atomic E-state index is 13.6. The molecule has 2 aromatic carbocycles. The van der Waals surface area contributed by atoms with Gasteiger partial charge in [-0.3, -0.25) is 4.79 Å². The van der Waals surface area contributed by atoms with Crippen LogP contribution in [0.15, 0.2) is 36.4 Å². The Bertz CT molecular complexity index is 638. The van der Waals surface area contributed by atoms with Crippen LogP contribution in [0.25, 0.3) is 0 Å². The van der Waals surface area contributed by atoms with E-state index < -0.39 is 5.82 Å². The SMILES string of the molecule is Cc1c(Cl)cccc1NC(=O)Cc1c(F)cccc1Cl. The van der Waals surface area contributed by atoms with E-state index in [0.29, 0.717) is 10.7 Å². The van der Waals surface area contributed by atoms with Crippen LogP contribution in [0.1, 0.15) is 11.1 Å². The van der Waals surface area contributed by atoms with E-state index >= 15 is 0 Å². The van der Waals surface area contributed by atoms with Gasteiger partial charge in [0.15, 0.2) is 0 Å². The number of carbonyl (C=O) groups excluding carboxylic acids is 1. The summed E-state index contributed by atoms with van der Waals surface area (Å²) in [6.07, 6.45) is -0.128. The van der Waals surface area contributed by atoms with Crippen LogP contribution in [0.3, 0.4) is 0 Å². The Morgan fingerprint density at radius 2 is 1.80 bits per heavy atom. The summed E-state index contributed by atoms with van der Waals surface area (Å²) < 4.78 is 13.6. The third-order valence-electron chi connectivity index (χ3n) is 2.94. The second kappa shape index (κ2) is 6.25. The highest BCUT2D eigenvalue weighted by molar-refractivity contribution is 6.32. The first-order chi connectivity index (χ1) is 9.49. The molecule has 0 atom stereocenters. The Balaban J connectivity index is 2.16. The van der Waals surface area contributed by atoms with Crippen LogP contribution in [0, 0.1) is 12.7 Å². The fourth-order valence-electron chi connectivity index (χ4n) is 1.80. The van der Waals surface area contributed by atoms with Crippen molar-refractivity contribution in [2.24, 2.45) is 0 Å². The fraction of sp³-hybridized carbons (Fsp3) is 0.133. The molecule has 0 saturated heterocycles. The second-order valence-corrected chi connectivity index (χ2v) is 5.15. The first-order valence-corrected chi connectivity index (χ1v) is 6.72. The maximum Gasteiger partial charge on any atom is 0.228 e. The molecule has 2 rings (SSSR count). The fourth-order valence-corrected chi connectivity index (χ4v) is 2.20. The van der Waals surface area contributed by atoms with E-state index in [1.165, 1.54) is 12.1 Å². The topological polar surface area (TPSA) is 29.1 Å². The van der Waals surface area contributed by atoms with Crippen LogP contribution in [-0.4, -0.2) is 5.91 Å². The Labute approximate surface area is 126 Å². The van der Waals surface area contributed by atoms with Crippen molar-refractivity contribution in [2.75, 3.05) is 5.32 Å². The summed E-state index contributed by atoms with van der Waals surface area (Å²) in [6, 6.07) is 9.54. The highest BCUT2D eigenvalue weighted by Crippen LogP contribution is 2.24. The first kappa shape index (κ1) is 14.8. The van der Waals surface area contributed by atoms with E-state index in [4.69, 9.17) is 23.2 Å². The van der Waals surface area contributed by atoms with Gasteiger partial charge in [-0.25, -0.2) is 4.39 Å². The van der Waals surface area contributed by atoms with Gasteiger partial charge >= 0.3 is 0 Å².